The summed E-state index contributed by atoms with van der Waals surface area (Å²) in [6.07, 6.45) is 0. The van der Waals surface area contributed by atoms with Crippen molar-refractivity contribution < 1.29 is 9.84 Å². The van der Waals surface area contributed by atoms with Gasteiger partial charge in [-0.3, -0.25) is 0 Å². The average molecular weight is 243 g/mol. The monoisotopic (exact) mass is 243 g/mol. The molecule has 18 heavy (non-hydrogen) atoms. The second-order valence-corrected chi connectivity index (χ2v) is 4.80. The molecule has 1 aromatic carbocycles. The molecule has 1 heterocycles. The van der Waals surface area contributed by atoms with Gasteiger partial charge in [0, 0.05) is 11.8 Å². The molecule has 0 unspecified atom stereocenters. The molecule has 0 amide bonds. The molecule has 0 bridgehead atoms. The van der Waals surface area contributed by atoms with E-state index in [2.05, 4.69) is 4.98 Å². The SMILES string of the molecule is Cc1cccc(Oc2ccc(C(C)(C)O)cc2)n1. The number of nitrogens with zero attached hydrogens (tertiary/aromatic N) is 1. The van der Waals surface area contributed by atoms with Gasteiger partial charge in [0.2, 0.25) is 5.88 Å². The summed E-state index contributed by atoms with van der Waals surface area (Å²) in [6, 6.07) is 13.0. The molecule has 0 fully saturated rings. The molecule has 1 aromatic heterocycles. The Hall–Kier alpha value is -1.87. The summed E-state index contributed by atoms with van der Waals surface area (Å²) in [6.45, 7) is 5.43. The van der Waals surface area contributed by atoms with Crippen LogP contribution in [0.2, 0.25) is 0 Å². The van der Waals surface area contributed by atoms with Crippen LogP contribution in [0.15, 0.2) is 42.5 Å². The normalized spacial score (nSPS) is 11.3. The quantitative estimate of drug-likeness (QED) is 0.898. The zero-order valence-corrected chi connectivity index (χ0v) is 10.8. The molecule has 94 valence electrons. The minimum Gasteiger partial charge on any atom is -0.439 e. The van der Waals surface area contributed by atoms with E-state index in [4.69, 9.17) is 4.74 Å². The Morgan fingerprint density at radius 3 is 2.28 bits per heavy atom. The maximum Gasteiger partial charge on any atom is 0.219 e. The fourth-order valence-corrected chi connectivity index (χ4v) is 1.63. The van der Waals surface area contributed by atoms with Crippen molar-refractivity contribution in [2.45, 2.75) is 26.4 Å². The van der Waals surface area contributed by atoms with Crippen LogP contribution in [0.4, 0.5) is 0 Å². The number of benzene rings is 1. The molecule has 3 nitrogen and oxygen atoms in total. The molecule has 0 aliphatic rings. The van der Waals surface area contributed by atoms with Gasteiger partial charge >= 0.3 is 0 Å². The van der Waals surface area contributed by atoms with Crippen molar-refractivity contribution in [3.8, 4) is 11.6 Å². The topological polar surface area (TPSA) is 42.4 Å². The summed E-state index contributed by atoms with van der Waals surface area (Å²) < 4.78 is 5.63. The molecule has 0 saturated carbocycles. The zero-order chi connectivity index (χ0) is 13.2. The first kappa shape index (κ1) is 12.6. The Balaban J connectivity index is 2.16. The lowest BCUT2D eigenvalue weighted by atomic mass is 9.99. The van der Waals surface area contributed by atoms with Gasteiger partial charge < -0.3 is 9.84 Å². The molecule has 0 aliphatic heterocycles. The molecule has 3 heteroatoms. The van der Waals surface area contributed by atoms with Gasteiger partial charge in [-0.15, -0.1) is 0 Å². The number of aliphatic hydroxyl groups is 1. The van der Waals surface area contributed by atoms with Crippen LogP contribution >= 0.6 is 0 Å². The van der Waals surface area contributed by atoms with E-state index >= 15 is 0 Å². The minimum atomic E-state index is -0.833. The molecule has 2 rings (SSSR count). The number of pyridine rings is 1. The number of rotatable bonds is 3. The Morgan fingerprint density at radius 2 is 1.72 bits per heavy atom. The van der Waals surface area contributed by atoms with Gasteiger partial charge in [0.25, 0.3) is 0 Å². The molecule has 0 aliphatic carbocycles. The fraction of sp³-hybridized carbons (Fsp3) is 0.267. The van der Waals surface area contributed by atoms with Crippen molar-refractivity contribution in [1.82, 2.24) is 4.98 Å². The van der Waals surface area contributed by atoms with Gasteiger partial charge in [-0.05, 0) is 44.5 Å². The van der Waals surface area contributed by atoms with Gasteiger partial charge in [0.15, 0.2) is 0 Å². The van der Waals surface area contributed by atoms with Crippen molar-refractivity contribution in [2.75, 3.05) is 0 Å². The fourth-order valence-electron chi connectivity index (χ4n) is 1.63. The average Bonchev–Trinajstić information content (AvgIpc) is 2.28. The maximum absolute atomic E-state index is 9.85. The highest BCUT2D eigenvalue weighted by Gasteiger charge is 2.15. The van der Waals surface area contributed by atoms with E-state index in [1.165, 1.54) is 0 Å². The number of aromatic nitrogens is 1. The predicted octanol–water partition coefficient (Wildman–Crippen LogP) is 3.41. The third-order valence-corrected chi connectivity index (χ3v) is 2.65. The van der Waals surface area contributed by atoms with Gasteiger partial charge in [-0.2, -0.15) is 0 Å². The third-order valence-electron chi connectivity index (χ3n) is 2.65. The molecule has 2 aromatic rings. The minimum absolute atomic E-state index is 0.575. The Bertz CT molecular complexity index is 527. The second-order valence-electron chi connectivity index (χ2n) is 4.80. The zero-order valence-electron chi connectivity index (χ0n) is 10.8. The highest BCUT2D eigenvalue weighted by molar-refractivity contribution is 5.32. The van der Waals surface area contributed by atoms with E-state index in [9.17, 15) is 5.11 Å². The smallest absolute Gasteiger partial charge is 0.219 e. The van der Waals surface area contributed by atoms with Crippen molar-refractivity contribution >= 4 is 0 Å². The van der Waals surface area contributed by atoms with Crippen molar-refractivity contribution in [3.63, 3.8) is 0 Å². The lowest BCUT2D eigenvalue weighted by molar-refractivity contribution is 0.0786. The third kappa shape index (κ3) is 3.08. The Kier molecular flexibility index (Phi) is 3.34. The van der Waals surface area contributed by atoms with Crippen molar-refractivity contribution in [3.05, 3.63) is 53.7 Å². The van der Waals surface area contributed by atoms with Crippen LogP contribution in [0, 0.1) is 6.92 Å². The van der Waals surface area contributed by atoms with Crippen LogP contribution in [0.5, 0.6) is 11.6 Å². The maximum atomic E-state index is 9.85. The second kappa shape index (κ2) is 4.78. The van der Waals surface area contributed by atoms with Crippen LogP contribution in [-0.4, -0.2) is 10.1 Å². The summed E-state index contributed by atoms with van der Waals surface area (Å²) in [7, 11) is 0. The first-order valence-corrected chi connectivity index (χ1v) is 5.89. The van der Waals surface area contributed by atoms with Crippen LogP contribution < -0.4 is 4.74 Å². The largest absolute Gasteiger partial charge is 0.439 e. The van der Waals surface area contributed by atoms with Crippen LogP contribution in [-0.2, 0) is 5.60 Å². The molecule has 0 spiro atoms. The summed E-state index contributed by atoms with van der Waals surface area (Å²) in [5.41, 5.74) is 0.938. The van der Waals surface area contributed by atoms with Crippen LogP contribution in [0.25, 0.3) is 0 Å². The van der Waals surface area contributed by atoms with E-state index in [1.807, 2.05) is 49.4 Å². The van der Waals surface area contributed by atoms with Crippen LogP contribution in [0.3, 0.4) is 0 Å². The molecule has 1 N–H and O–H groups in total. The van der Waals surface area contributed by atoms with Crippen LogP contribution in [0.1, 0.15) is 25.1 Å². The van der Waals surface area contributed by atoms with Gasteiger partial charge in [0.05, 0.1) is 5.60 Å². The lowest BCUT2D eigenvalue weighted by Crippen LogP contribution is -2.14. The first-order valence-electron chi connectivity index (χ1n) is 5.89. The number of hydrogen-bond acceptors (Lipinski definition) is 3. The number of hydrogen-bond donors (Lipinski definition) is 1. The van der Waals surface area contributed by atoms with Crippen molar-refractivity contribution in [2.24, 2.45) is 0 Å². The van der Waals surface area contributed by atoms with Gasteiger partial charge in [-0.1, -0.05) is 18.2 Å². The predicted molar refractivity (Wildman–Crippen MR) is 70.7 cm³/mol. The highest BCUT2D eigenvalue weighted by atomic mass is 16.5. The molecular weight excluding hydrogens is 226 g/mol. The molecule has 0 atom stereocenters. The van der Waals surface area contributed by atoms with E-state index in [0.29, 0.717) is 11.6 Å². The molecule has 0 saturated heterocycles. The number of aryl methyl sites for hydroxylation is 1. The van der Waals surface area contributed by atoms with E-state index in [-0.39, 0.29) is 0 Å². The standard InChI is InChI=1S/C15H17NO2/c1-11-5-4-6-14(16-11)18-13-9-7-12(8-10-13)15(2,3)17/h4-10,17H,1-3H3. The Labute approximate surface area is 107 Å². The van der Waals surface area contributed by atoms with Gasteiger partial charge in [0.1, 0.15) is 5.75 Å². The van der Waals surface area contributed by atoms with E-state index in [0.717, 1.165) is 11.3 Å². The first-order chi connectivity index (χ1) is 8.45. The van der Waals surface area contributed by atoms with Crippen molar-refractivity contribution in [1.29, 1.82) is 0 Å². The van der Waals surface area contributed by atoms with Gasteiger partial charge in [-0.25, -0.2) is 4.98 Å². The summed E-state index contributed by atoms with van der Waals surface area (Å²) in [5, 5.41) is 9.85. The lowest BCUT2D eigenvalue weighted by Gasteiger charge is -2.17. The van der Waals surface area contributed by atoms with E-state index < -0.39 is 5.60 Å². The Morgan fingerprint density at radius 1 is 1.06 bits per heavy atom. The summed E-state index contributed by atoms with van der Waals surface area (Å²) in [5.74, 6) is 1.28. The molecular formula is C15H17NO2. The highest BCUT2D eigenvalue weighted by Crippen LogP contribution is 2.24. The number of ether oxygens (including phenoxy) is 1. The summed E-state index contributed by atoms with van der Waals surface area (Å²) in [4.78, 5) is 4.27. The summed E-state index contributed by atoms with van der Waals surface area (Å²) >= 11 is 0. The molecule has 0 radical (unpaired) electrons. The van der Waals surface area contributed by atoms with E-state index in [1.54, 1.807) is 13.8 Å².